The predicted molar refractivity (Wildman–Crippen MR) is 85.1 cm³/mol. The summed E-state index contributed by atoms with van der Waals surface area (Å²) >= 11 is 5.98. The van der Waals surface area contributed by atoms with E-state index in [1.165, 1.54) is 0 Å². The van der Waals surface area contributed by atoms with E-state index in [0.717, 1.165) is 17.7 Å². The molecule has 2 rings (SSSR count). The summed E-state index contributed by atoms with van der Waals surface area (Å²) in [5.74, 6) is -1.03. The molecule has 2 N–H and O–H groups in total. The van der Waals surface area contributed by atoms with Gasteiger partial charge in [0.05, 0.1) is 17.3 Å². The van der Waals surface area contributed by atoms with Crippen molar-refractivity contribution in [1.82, 2.24) is 5.32 Å². The van der Waals surface area contributed by atoms with Crippen molar-refractivity contribution in [2.75, 3.05) is 18.5 Å². The zero-order valence-electron chi connectivity index (χ0n) is 12.3. The summed E-state index contributed by atoms with van der Waals surface area (Å²) in [6.45, 7) is 2.30. The molecule has 0 aliphatic rings. The van der Waals surface area contributed by atoms with Crippen LogP contribution in [0.1, 0.15) is 5.56 Å². The van der Waals surface area contributed by atoms with Crippen LogP contribution in [0.5, 0.6) is 5.75 Å². The van der Waals surface area contributed by atoms with E-state index in [4.69, 9.17) is 16.3 Å². The summed E-state index contributed by atoms with van der Waals surface area (Å²) in [5, 5.41) is 5.26. The van der Waals surface area contributed by atoms with Gasteiger partial charge in [-0.05, 0) is 36.8 Å². The smallest absolute Gasteiger partial charge is 0.319 e. The first-order valence-electron chi connectivity index (χ1n) is 6.84. The topological polar surface area (TPSA) is 50.4 Å². The molecule has 2 aromatic carbocycles. The third kappa shape index (κ3) is 5.10. The molecule has 0 aliphatic carbocycles. The number of carbonyl (C=O) groups excluding carboxylic acids is 1. The van der Waals surface area contributed by atoms with Crippen molar-refractivity contribution < 1.29 is 18.3 Å². The minimum Gasteiger partial charge on any atom is -0.490 e. The molecule has 0 spiro atoms. The number of benzene rings is 2. The van der Waals surface area contributed by atoms with Gasteiger partial charge in [-0.3, -0.25) is 0 Å². The number of urea groups is 1. The van der Waals surface area contributed by atoms with Gasteiger partial charge in [0.25, 0.3) is 0 Å². The SMILES string of the molecule is Cc1ccc(Cl)c(OCCNC(=O)Nc2ccc(F)cc2F)c1. The van der Waals surface area contributed by atoms with Crippen LogP contribution in [0.2, 0.25) is 5.02 Å². The van der Waals surface area contributed by atoms with E-state index in [2.05, 4.69) is 10.6 Å². The highest BCUT2D eigenvalue weighted by molar-refractivity contribution is 6.32. The van der Waals surface area contributed by atoms with E-state index in [1.807, 2.05) is 13.0 Å². The van der Waals surface area contributed by atoms with Crippen molar-refractivity contribution in [3.05, 3.63) is 58.6 Å². The van der Waals surface area contributed by atoms with Crippen LogP contribution in [0.3, 0.4) is 0 Å². The average molecular weight is 341 g/mol. The Hall–Kier alpha value is -2.34. The summed E-state index contributed by atoms with van der Waals surface area (Å²) in [6.07, 6.45) is 0. The van der Waals surface area contributed by atoms with Crippen LogP contribution in [0.15, 0.2) is 36.4 Å². The van der Waals surface area contributed by atoms with Gasteiger partial charge >= 0.3 is 6.03 Å². The first-order chi connectivity index (χ1) is 11.0. The Morgan fingerprint density at radius 2 is 2.00 bits per heavy atom. The Balaban J connectivity index is 1.77. The van der Waals surface area contributed by atoms with E-state index >= 15 is 0 Å². The van der Waals surface area contributed by atoms with Gasteiger partial charge in [-0.15, -0.1) is 0 Å². The van der Waals surface area contributed by atoms with Crippen molar-refractivity contribution in [3.8, 4) is 5.75 Å². The van der Waals surface area contributed by atoms with E-state index in [1.54, 1.807) is 12.1 Å². The number of halogens is 3. The van der Waals surface area contributed by atoms with Gasteiger partial charge in [-0.1, -0.05) is 17.7 Å². The summed E-state index contributed by atoms with van der Waals surface area (Å²) in [4.78, 5) is 11.6. The van der Waals surface area contributed by atoms with Crippen LogP contribution in [0.25, 0.3) is 0 Å². The predicted octanol–water partition coefficient (Wildman–Crippen LogP) is 4.13. The zero-order valence-corrected chi connectivity index (χ0v) is 13.1. The quantitative estimate of drug-likeness (QED) is 0.804. The number of anilines is 1. The number of rotatable bonds is 5. The maximum atomic E-state index is 13.4. The maximum Gasteiger partial charge on any atom is 0.319 e. The second kappa shape index (κ2) is 7.78. The van der Waals surface area contributed by atoms with Crippen molar-refractivity contribution in [2.24, 2.45) is 0 Å². The van der Waals surface area contributed by atoms with Crippen LogP contribution >= 0.6 is 11.6 Å². The molecule has 0 radical (unpaired) electrons. The fourth-order valence-electron chi connectivity index (χ4n) is 1.80. The zero-order chi connectivity index (χ0) is 16.8. The van der Waals surface area contributed by atoms with Gasteiger partial charge in [0.1, 0.15) is 24.0 Å². The fraction of sp³-hybridized carbons (Fsp3) is 0.188. The monoisotopic (exact) mass is 340 g/mol. The second-order valence-corrected chi connectivity index (χ2v) is 5.19. The lowest BCUT2D eigenvalue weighted by molar-refractivity contribution is 0.247. The standard InChI is InChI=1S/C16H15ClF2N2O2/c1-10-2-4-12(17)15(8-10)23-7-6-20-16(22)21-14-5-3-11(18)9-13(14)19/h2-5,8-9H,6-7H2,1H3,(H2,20,21,22). The molecule has 2 amide bonds. The van der Waals surface area contributed by atoms with Crippen LogP contribution in [-0.2, 0) is 0 Å². The normalized spacial score (nSPS) is 10.3. The maximum absolute atomic E-state index is 13.4. The minimum absolute atomic E-state index is 0.105. The molecule has 0 fully saturated rings. The van der Waals surface area contributed by atoms with Crippen molar-refractivity contribution in [3.63, 3.8) is 0 Å². The van der Waals surface area contributed by atoms with Crippen LogP contribution in [-0.4, -0.2) is 19.2 Å². The molecule has 0 heterocycles. The number of amides is 2. The number of hydrogen-bond donors (Lipinski definition) is 2. The average Bonchev–Trinajstić information content (AvgIpc) is 2.50. The molecule has 4 nitrogen and oxygen atoms in total. The van der Waals surface area contributed by atoms with Crippen LogP contribution < -0.4 is 15.4 Å². The van der Waals surface area contributed by atoms with Gasteiger partial charge in [0, 0.05) is 6.07 Å². The van der Waals surface area contributed by atoms with E-state index < -0.39 is 17.7 Å². The third-order valence-electron chi connectivity index (χ3n) is 2.91. The molecule has 0 atom stereocenters. The van der Waals surface area contributed by atoms with Gasteiger partial charge < -0.3 is 15.4 Å². The summed E-state index contributed by atoms with van der Waals surface area (Å²) in [7, 11) is 0. The van der Waals surface area contributed by atoms with Crippen molar-refractivity contribution >= 4 is 23.3 Å². The lowest BCUT2D eigenvalue weighted by atomic mass is 10.2. The lowest BCUT2D eigenvalue weighted by Crippen LogP contribution is -2.32. The third-order valence-corrected chi connectivity index (χ3v) is 3.22. The highest BCUT2D eigenvalue weighted by Gasteiger charge is 2.07. The Labute approximate surface area is 137 Å². The molecule has 2 aromatic rings. The molecule has 0 aliphatic heterocycles. The summed E-state index contributed by atoms with van der Waals surface area (Å²) < 4.78 is 31.6. The fourth-order valence-corrected chi connectivity index (χ4v) is 1.98. The first kappa shape index (κ1) is 17.0. The Bertz CT molecular complexity index is 710. The number of nitrogens with one attached hydrogen (secondary N) is 2. The summed E-state index contributed by atoms with van der Waals surface area (Å²) in [5.41, 5.74) is 0.897. The van der Waals surface area contributed by atoms with Crippen molar-refractivity contribution in [2.45, 2.75) is 6.92 Å². The van der Waals surface area contributed by atoms with E-state index in [9.17, 15) is 13.6 Å². The summed E-state index contributed by atoms with van der Waals surface area (Å²) in [6, 6.07) is 7.65. The first-order valence-corrected chi connectivity index (χ1v) is 7.22. The number of hydrogen-bond acceptors (Lipinski definition) is 2. The van der Waals surface area contributed by atoms with Crippen molar-refractivity contribution in [1.29, 1.82) is 0 Å². The Kier molecular flexibility index (Phi) is 5.76. The molecule has 23 heavy (non-hydrogen) atoms. The lowest BCUT2D eigenvalue weighted by Gasteiger charge is -2.11. The molecular weight excluding hydrogens is 326 g/mol. The van der Waals surface area contributed by atoms with Gasteiger partial charge in [0.15, 0.2) is 0 Å². The van der Waals surface area contributed by atoms with Gasteiger partial charge in [-0.2, -0.15) is 0 Å². The molecule has 122 valence electrons. The number of aryl methyl sites for hydroxylation is 1. The minimum atomic E-state index is -0.844. The highest BCUT2D eigenvalue weighted by Crippen LogP contribution is 2.24. The van der Waals surface area contributed by atoms with Crippen LogP contribution in [0, 0.1) is 18.6 Å². The van der Waals surface area contributed by atoms with E-state index in [-0.39, 0.29) is 18.8 Å². The number of carbonyl (C=O) groups is 1. The molecular formula is C16H15ClF2N2O2. The highest BCUT2D eigenvalue weighted by atomic mass is 35.5. The molecule has 0 saturated carbocycles. The van der Waals surface area contributed by atoms with Crippen LogP contribution in [0.4, 0.5) is 19.3 Å². The largest absolute Gasteiger partial charge is 0.490 e. The Morgan fingerprint density at radius 1 is 1.22 bits per heavy atom. The molecule has 7 heteroatoms. The Morgan fingerprint density at radius 3 is 2.74 bits per heavy atom. The molecule has 0 bridgehead atoms. The molecule has 0 saturated heterocycles. The van der Waals surface area contributed by atoms with Gasteiger partial charge in [-0.25, -0.2) is 13.6 Å². The second-order valence-electron chi connectivity index (χ2n) is 4.79. The van der Waals surface area contributed by atoms with E-state index in [0.29, 0.717) is 16.8 Å². The number of ether oxygens (including phenoxy) is 1. The molecule has 0 unspecified atom stereocenters. The van der Waals surface area contributed by atoms with Gasteiger partial charge in [0.2, 0.25) is 0 Å². The molecule has 0 aromatic heterocycles.